The molecule has 1 heterocycles. The second kappa shape index (κ2) is 3.40. The van der Waals surface area contributed by atoms with Gasteiger partial charge in [0.05, 0.1) is 0 Å². The van der Waals surface area contributed by atoms with Gasteiger partial charge in [-0.25, -0.2) is 0 Å². The summed E-state index contributed by atoms with van der Waals surface area (Å²) < 4.78 is 0. The summed E-state index contributed by atoms with van der Waals surface area (Å²) >= 11 is 0. The Bertz CT molecular complexity index is 68.6. The molecule has 9 heavy (non-hydrogen) atoms. The van der Waals surface area contributed by atoms with Gasteiger partial charge >= 0.3 is 0 Å². The molecule has 1 saturated heterocycles. The van der Waals surface area contributed by atoms with Gasteiger partial charge in [0, 0.05) is 8.07 Å². The van der Waals surface area contributed by atoms with E-state index in [0.29, 0.717) is 0 Å². The molecule has 0 bridgehead atoms. The van der Waals surface area contributed by atoms with Crippen LogP contribution in [0.3, 0.4) is 0 Å². The van der Waals surface area contributed by atoms with Crippen molar-refractivity contribution in [2.24, 2.45) is 0 Å². The predicted octanol–water partition coefficient (Wildman–Crippen LogP) is 3.51. The molecule has 0 aliphatic carbocycles. The third-order valence-corrected chi connectivity index (χ3v) is 5.62. The zero-order valence-electron chi connectivity index (χ0n) is 6.04. The lowest BCUT2D eigenvalue weighted by Crippen LogP contribution is -2.27. The molecule has 0 spiro atoms. The predicted molar refractivity (Wildman–Crippen MR) is 47.7 cm³/mol. The Morgan fingerprint density at radius 2 is 1.33 bits per heavy atom. The number of rotatable bonds is 0. The summed E-state index contributed by atoms with van der Waals surface area (Å²) in [5, 5.41) is 0. The molecule has 0 aromatic rings. The summed E-state index contributed by atoms with van der Waals surface area (Å²) in [6, 6.07) is 3.18. The highest BCUT2D eigenvalue weighted by Crippen LogP contribution is 2.27. The molecule has 0 aromatic carbocycles. The fourth-order valence-electron chi connectivity index (χ4n) is 1.51. The Morgan fingerprint density at radius 1 is 0.889 bits per heavy atom. The van der Waals surface area contributed by atoms with Crippen LogP contribution in [0.4, 0.5) is 0 Å². The molecule has 0 aromatic heterocycles. The van der Waals surface area contributed by atoms with Crippen molar-refractivity contribution >= 4 is 8.07 Å². The first-order valence-electron chi connectivity index (χ1n) is 3.71. The first-order valence-corrected chi connectivity index (χ1v) is 7.12. The zero-order chi connectivity index (χ0) is 6.04. The van der Waals surface area contributed by atoms with Gasteiger partial charge in [0.25, 0.3) is 0 Å². The summed E-state index contributed by atoms with van der Waals surface area (Å²) in [6.45, 7) is 5.04. The van der Waals surface area contributed by atoms with E-state index in [1.165, 1.54) is 19.3 Å². The smallest absolute Gasteiger partial charge is 0.0473 e. The van der Waals surface area contributed by atoms with Gasteiger partial charge in [-0.3, -0.25) is 0 Å². The third-order valence-electron chi connectivity index (χ3n) is 2.21. The van der Waals surface area contributed by atoms with E-state index in [9.17, 15) is 0 Å². The van der Waals surface area contributed by atoms with E-state index in [0.717, 1.165) is 0 Å². The van der Waals surface area contributed by atoms with Crippen LogP contribution in [0.2, 0.25) is 25.2 Å². The molecule has 0 N–H and O–H groups in total. The van der Waals surface area contributed by atoms with Crippen LogP contribution in [-0.4, -0.2) is 8.07 Å². The Kier molecular flexibility index (Phi) is 3.48. The molecule has 56 valence electrons. The van der Waals surface area contributed by atoms with Crippen molar-refractivity contribution in [1.82, 2.24) is 0 Å². The lowest BCUT2D eigenvalue weighted by atomic mass is 10.3. The minimum absolute atomic E-state index is 0. The van der Waals surface area contributed by atoms with E-state index < -0.39 is 8.07 Å². The van der Waals surface area contributed by atoms with E-state index in [4.69, 9.17) is 0 Å². The first kappa shape index (κ1) is 9.22. The van der Waals surface area contributed by atoms with E-state index in [1.54, 1.807) is 12.1 Å². The van der Waals surface area contributed by atoms with E-state index in [1.807, 2.05) is 0 Å². The van der Waals surface area contributed by atoms with Gasteiger partial charge < -0.3 is 0 Å². The van der Waals surface area contributed by atoms with E-state index >= 15 is 0 Å². The van der Waals surface area contributed by atoms with Gasteiger partial charge in [-0.1, -0.05) is 51.9 Å². The highest BCUT2D eigenvalue weighted by molar-refractivity contribution is 6.77. The van der Waals surface area contributed by atoms with Crippen LogP contribution in [0.5, 0.6) is 0 Å². The lowest BCUT2D eigenvalue weighted by Gasteiger charge is -2.26. The summed E-state index contributed by atoms with van der Waals surface area (Å²) in [5.41, 5.74) is 0. The molecule has 1 aliphatic heterocycles. The van der Waals surface area contributed by atoms with Crippen molar-refractivity contribution in [2.45, 2.75) is 51.9 Å². The quantitative estimate of drug-likeness (QED) is 0.456. The van der Waals surface area contributed by atoms with Crippen molar-refractivity contribution < 1.29 is 0 Å². The molecule has 0 saturated carbocycles. The average molecular weight is 144 g/mol. The van der Waals surface area contributed by atoms with Crippen LogP contribution in [0.15, 0.2) is 0 Å². The van der Waals surface area contributed by atoms with Crippen molar-refractivity contribution in [3.8, 4) is 0 Å². The van der Waals surface area contributed by atoms with Crippen LogP contribution >= 0.6 is 0 Å². The summed E-state index contributed by atoms with van der Waals surface area (Å²) in [4.78, 5) is 0. The fraction of sp³-hybridized carbons (Fsp3) is 1.00. The standard InChI is InChI=1S/C7H16Si.CH4/c1-8(2)6-4-3-5-7-8;/h3-7H2,1-2H3;1H4. The van der Waals surface area contributed by atoms with Crippen LogP contribution in [0.25, 0.3) is 0 Å². The SMILES string of the molecule is C.C[Si]1(C)CCCCC1. The minimum atomic E-state index is -0.590. The molecule has 0 atom stereocenters. The normalized spacial score (nSPS) is 24.7. The Balaban J connectivity index is 0.000000640. The van der Waals surface area contributed by atoms with Crippen LogP contribution in [-0.2, 0) is 0 Å². The largest absolute Gasteiger partial charge is 0.0776 e. The molecule has 1 heteroatoms. The van der Waals surface area contributed by atoms with Gasteiger partial charge in [-0.15, -0.1) is 0 Å². The monoisotopic (exact) mass is 144 g/mol. The van der Waals surface area contributed by atoms with Crippen LogP contribution < -0.4 is 0 Å². The Hall–Kier alpha value is 0.217. The van der Waals surface area contributed by atoms with Crippen LogP contribution in [0, 0.1) is 0 Å². The zero-order valence-corrected chi connectivity index (χ0v) is 7.04. The van der Waals surface area contributed by atoms with E-state index in [2.05, 4.69) is 13.1 Å². The molecule has 0 unspecified atom stereocenters. The number of hydrogen-bond donors (Lipinski definition) is 0. The molecule has 1 aliphatic rings. The maximum atomic E-state index is 2.52. The molecular formula is C8H20Si. The topological polar surface area (TPSA) is 0 Å². The Labute approximate surface area is 60.7 Å². The highest BCUT2D eigenvalue weighted by atomic mass is 28.3. The van der Waals surface area contributed by atoms with E-state index in [-0.39, 0.29) is 7.43 Å². The van der Waals surface area contributed by atoms with Gasteiger partial charge in [-0.2, -0.15) is 0 Å². The highest BCUT2D eigenvalue weighted by Gasteiger charge is 2.22. The molecule has 1 fully saturated rings. The maximum absolute atomic E-state index is 2.52. The molecule has 0 nitrogen and oxygen atoms in total. The van der Waals surface area contributed by atoms with Crippen LogP contribution in [0.1, 0.15) is 26.7 Å². The van der Waals surface area contributed by atoms with Crippen molar-refractivity contribution in [3.05, 3.63) is 0 Å². The lowest BCUT2D eigenvalue weighted by molar-refractivity contribution is 0.713. The third kappa shape index (κ3) is 3.04. The molecule has 0 radical (unpaired) electrons. The summed E-state index contributed by atoms with van der Waals surface area (Å²) in [6.07, 6.45) is 4.56. The maximum Gasteiger partial charge on any atom is 0.0473 e. The van der Waals surface area contributed by atoms with Crippen molar-refractivity contribution in [1.29, 1.82) is 0 Å². The van der Waals surface area contributed by atoms with Crippen molar-refractivity contribution in [2.75, 3.05) is 0 Å². The summed E-state index contributed by atoms with van der Waals surface area (Å²) in [5.74, 6) is 0. The molecule has 0 amide bonds. The van der Waals surface area contributed by atoms with Gasteiger partial charge in [0.15, 0.2) is 0 Å². The van der Waals surface area contributed by atoms with Gasteiger partial charge in [0.1, 0.15) is 0 Å². The number of hydrogen-bond acceptors (Lipinski definition) is 0. The second-order valence-electron chi connectivity index (χ2n) is 3.72. The molecular weight excluding hydrogens is 124 g/mol. The molecule has 1 rings (SSSR count). The van der Waals surface area contributed by atoms with Gasteiger partial charge in [0.2, 0.25) is 0 Å². The summed E-state index contributed by atoms with van der Waals surface area (Å²) in [7, 11) is -0.590. The Morgan fingerprint density at radius 3 is 1.56 bits per heavy atom. The first-order chi connectivity index (χ1) is 3.71. The second-order valence-corrected chi connectivity index (χ2v) is 9.05. The van der Waals surface area contributed by atoms with Crippen molar-refractivity contribution in [3.63, 3.8) is 0 Å². The fourth-order valence-corrected chi connectivity index (χ4v) is 4.17. The van der Waals surface area contributed by atoms with Gasteiger partial charge in [-0.05, 0) is 0 Å². The minimum Gasteiger partial charge on any atom is -0.0776 e. The average Bonchev–Trinajstić information content (AvgIpc) is 1.65.